The smallest absolute Gasteiger partial charge is 0.0577 e. The molecule has 0 amide bonds. The summed E-state index contributed by atoms with van der Waals surface area (Å²) < 4.78 is 0. The molecule has 4 fully saturated rings. The van der Waals surface area contributed by atoms with Gasteiger partial charge in [-0.2, -0.15) is 0 Å². The molecule has 4 aliphatic carbocycles. The van der Waals surface area contributed by atoms with Gasteiger partial charge in [-0.15, -0.1) is 0 Å². The average Bonchev–Trinajstić information content (AvgIpc) is 3.31. The van der Waals surface area contributed by atoms with Gasteiger partial charge in [-0.1, -0.05) is 79.6 Å². The van der Waals surface area contributed by atoms with Crippen molar-refractivity contribution in [1.29, 1.82) is 0 Å². The Morgan fingerprint density at radius 3 is 2.19 bits per heavy atom. The molecule has 4 rings (SSSR count). The number of nitrogens with one attached hydrogen (secondary N) is 2. The summed E-state index contributed by atoms with van der Waals surface area (Å²) in [4.78, 5) is 0. The highest BCUT2D eigenvalue weighted by Crippen LogP contribution is 2.68. The molecule has 5 N–H and O–H groups in total. The van der Waals surface area contributed by atoms with E-state index in [1.54, 1.807) is 0 Å². The van der Waals surface area contributed by atoms with Crippen molar-refractivity contribution in [2.45, 2.75) is 162 Å². The standard InChI is InChI=1S/C38H73N3O/c1-28(2)14-12-15-29(3)32-16-17-33-36-34(19-21-38(32,33)5)37(4)20-18-31(26-30(37)27-35(36)42)41-25-13-24-40-23-11-9-7-6-8-10-22-39/h28-36,40-42H,6-27,39H2,1-5H3/t29-,30-,31+,32-,33?,34?,35-,36?,37+,38-/m1/s1. The summed E-state index contributed by atoms with van der Waals surface area (Å²) in [5.41, 5.74) is 6.48. The van der Waals surface area contributed by atoms with E-state index < -0.39 is 0 Å². The van der Waals surface area contributed by atoms with Crippen molar-refractivity contribution in [2.24, 2.45) is 58.0 Å². The zero-order valence-corrected chi connectivity index (χ0v) is 28.8. The molecule has 0 radical (unpaired) electrons. The molecule has 0 spiro atoms. The van der Waals surface area contributed by atoms with E-state index in [0.717, 1.165) is 55.6 Å². The zero-order valence-electron chi connectivity index (χ0n) is 28.8. The second-order valence-electron chi connectivity index (χ2n) is 16.8. The van der Waals surface area contributed by atoms with E-state index in [1.165, 1.54) is 116 Å². The summed E-state index contributed by atoms with van der Waals surface area (Å²) in [5, 5.41) is 19.4. The summed E-state index contributed by atoms with van der Waals surface area (Å²) >= 11 is 0. The number of rotatable bonds is 18. The lowest BCUT2D eigenvalue weighted by Crippen LogP contribution is -2.59. The number of fused-ring (bicyclic) bond motifs is 5. The predicted octanol–water partition coefficient (Wildman–Crippen LogP) is 8.32. The molecule has 0 heterocycles. The first-order valence-corrected chi connectivity index (χ1v) is 19.0. The van der Waals surface area contributed by atoms with Crippen LogP contribution in [0.25, 0.3) is 0 Å². The minimum atomic E-state index is -0.0729. The van der Waals surface area contributed by atoms with Gasteiger partial charge < -0.3 is 21.5 Å². The van der Waals surface area contributed by atoms with Gasteiger partial charge in [-0.05, 0) is 149 Å². The van der Waals surface area contributed by atoms with E-state index in [0.29, 0.717) is 28.7 Å². The molecule has 42 heavy (non-hydrogen) atoms. The van der Waals surface area contributed by atoms with E-state index in [9.17, 15) is 5.11 Å². The highest BCUT2D eigenvalue weighted by atomic mass is 16.3. The molecular formula is C38H73N3O. The lowest BCUT2D eigenvalue weighted by atomic mass is 9.43. The highest BCUT2D eigenvalue weighted by molar-refractivity contribution is 5.12. The van der Waals surface area contributed by atoms with Crippen LogP contribution in [0, 0.1) is 52.3 Å². The van der Waals surface area contributed by atoms with Crippen LogP contribution >= 0.6 is 0 Å². The summed E-state index contributed by atoms with van der Waals surface area (Å²) in [6.45, 7) is 16.9. The Morgan fingerprint density at radius 1 is 0.738 bits per heavy atom. The Labute approximate surface area is 261 Å². The van der Waals surface area contributed by atoms with Gasteiger partial charge in [0.25, 0.3) is 0 Å². The fourth-order valence-electron chi connectivity index (χ4n) is 11.2. The van der Waals surface area contributed by atoms with Crippen LogP contribution in [-0.4, -0.2) is 43.4 Å². The minimum absolute atomic E-state index is 0.0729. The third-order valence-electron chi connectivity index (χ3n) is 13.7. The maximum Gasteiger partial charge on any atom is 0.0577 e. The van der Waals surface area contributed by atoms with Gasteiger partial charge in [0.2, 0.25) is 0 Å². The molecule has 0 aliphatic heterocycles. The molecule has 0 saturated heterocycles. The number of unbranched alkanes of at least 4 members (excludes halogenated alkanes) is 5. The molecule has 4 heteroatoms. The van der Waals surface area contributed by atoms with Gasteiger partial charge in [-0.25, -0.2) is 0 Å². The lowest BCUT2D eigenvalue weighted by molar-refractivity contribution is -0.167. The highest BCUT2D eigenvalue weighted by Gasteiger charge is 2.62. The minimum Gasteiger partial charge on any atom is -0.393 e. The van der Waals surface area contributed by atoms with Crippen LogP contribution in [0.15, 0.2) is 0 Å². The molecule has 0 aromatic rings. The second-order valence-corrected chi connectivity index (χ2v) is 16.8. The SMILES string of the molecule is CC(C)CCC[C@@H](C)[C@H]1CCC2C3C(CC[C@@]21C)[C@@]1(C)CC[C@H](NCCCNCCCCCCCCN)C[C@@H]1C[C@H]3O. The number of hydrogen-bond acceptors (Lipinski definition) is 4. The number of hydrogen-bond donors (Lipinski definition) is 4. The molecule has 0 bridgehead atoms. The largest absolute Gasteiger partial charge is 0.393 e. The van der Waals surface area contributed by atoms with E-state index in [4.69, 9.17) is 5.73 Å². The van der Waals surface area contributed by atoms with Crippen molar-refractivity contribution in [2.75, 3.05) is 26.2 Å². The van der Waals surface area contributed by atoms with Crippen molar-refractivity contribution in [3.63, 3.8) is 0 Å². The first kappa shape index (κ1) is 34.7. The Kier molecular flexibility index (Phi) is 13.6. The quantitative estimate of drug-likeness (QED) is 0.122. The molecule has 3 unspecified atom stereocenters. The fourth-order valence-corrected chi connectivity index (χ4v) is 11.2. The first-order chi connectivity index (χ1) is 20.2. The molecule has 4 aliphatic rings. The number of aliphatic hydroxyl groups excluding tert-OH is 1. The van der Waals surface area contributed by atoms with E-state index in [1.807, 2.05) is 0 Å². The molecule has 4 saturated carbocycles. The van der Waals surface area contributed by atoms with Gasteiger partial charge in [0.1, 0.15) is 0 Å². The van der Waals surface area contributed by atoms with Crippen LogP contribution in [0.2, 0.25) is 0 Å². The van der Waals surface area contributed by atoms with Gasteiger partial charge in [0, 0.05) is 6.04 Å². The van der Waals surface area contributed by atoms with Crippen LogP contribution in [0.1, 0.15) is 150 Å². The first-order valence-electron chi connectivity index (χ1n) is 19.0. The summed E-state index contributed by atoms with van der Waals surface area (Å²) in [7, 11) is 0. The normalized spacial score (nSPS) is 38.7. The third-order valence-corrected chi connectivity index (χ3v) is 13.7. The second kappa shape index (κ2) is 16.4. The predicted molar refractivity (Wildman–Crippen MR) is 180 cm³/mol. The van der Waals surface area contributed by atoms with Gasteiger partial charge in [-0.3, -0.25) is 0 Å². The molecule has 4 nitrogen and oxygen atoms in total. The average molecular weight is 588 g/mol. The van der Waals surface area contributed by atoms with Crippen LogP contribution in [-0.2, 0) is 0 Å². The van der Waals surface area contributed by atoms with Crippen LogP contribution < -0.4 is 16.4 Å². The van der Waals surface area contributed by atoms with E-state index in [2.05, 4.69) is 45.3 Å². The maximum atomic E-state index is 11.8. The van der Waals surface area contributed by atoms with Crippen LogP contribution in [0.5, 0.6) is 0 Å². The monoisotopic (exact) mass is 588 g/mol. The Bertz CT molecular complexity index is 773. The van der Waals surface area contributed by atoms with Gasteiger partial charge >= 0.3 is 0 Å². The number of aliphatic hydroxyl groups is 1. The van der Waals surface area contributed by atoms with Gasteiger partial charge in [0.15, 0.2) is 0 Å². The van der Waals surface area contributed by atoms with Crippen molar-refractivity contribution >= 4 is 0 Å². The van der Waals surface area contributed by atoms with Gasteiger partial charge in [0.05, 0.1) is 6.10 Å². The molecule has 246 valence electrons. The Hall–Kier alpha value is -0.160. The Balaban J connectivity index is 1.19. The van der Waals surface area contributed by atoms with Crippen LogP contribution in [0.4, 0.5) is 0 Å². The number of nitrogens with two attached hydrogens (primary N) is 1. The Morgan fingerprint density at radius 2 is 1.43 bits per heavy atom. The maximum absolute atomic E-state index is 11.8. The molecule has 0 aromatic heterocycles. The molecular weight excluding hydrogens is 514 g/mol. The van der Waals surface area contributed by atoms with Crippen LogP contribution in [0.3, 0.4) is 0 Å². The van der Waals surface area contributed by atoms with Crippen molar-refractivity contribution in [3.8, 4) is 0 Å². The van der Waals surface area contributed by atoms with Crippen molar-refractivity contribution in [1.82, 2.24) is 10.6 Å². The van der Waals surface area contributed by atoms with Crippen molar-refractivity contribution in [3.05, 3.63) is 0 Å². The van der Waals surface area contributed by atoms with E-state index >= 15 is 0 Å². The summed E-state index contributed by atoms with van der Waals surface area (Å²) in [6, 6.07) is 0.650. The summed E-state index contributed by atoms with van der Waals surface area (Å²) in [5.74, 6) is 5.28. The molecule has 10 atom stereocenters. The van der Waals surface area contributed by atoms with Crippen molar-refractivity contribution < 1.29 is 5.11 Å². The van der Waals surface area contributed by atoms with E-state index in [-0.39, 0.29) is 6.10 Å². The topological polar surface area (TPSA) is 70.3 Å². The fraction of sp³-hybridized carbons (Fsp3) is 1.00. The third kappa shape index (κ3) is 8.35. The summed E-state index contributed by atoms with van der Waals surface area (Å²) in [6.07, 6.45) is 23.8. The molecule has 0 aromatic carbocycles. The lowest BCUT2D eigenvalue weighted by Gasteiger charge is -2.62. The zero-order chi connectivity index (χ0) is 30.2.